The summed E-state index contributed by atoms with van der Waals surface area (Å²) in [5.41, 5.74) is 1.15. The summed E-state index contributed by atoms with van der Waals surface area (Å²) in [4.78, 5) is 15.6. The van der Waals surface area contributed by atoms with Gasteiger partial charge in [0.25, 0.3) is 5.91 Å². The predicted molar refractivity (Wildman–Crippen MR) is 101 cm³/mol. The molecule has 1 fully saturated rings. The van der Waals surface area contributed by atoms with Gasteiger partial charge in [0.05, 0.1) is 18.0 Å². The number of rotatable bonds is 6. The van der Waals surface area contributed by atoms with Crippen LogP contribution in [-0.2, 0) is 16.6 Å². The molecule has 3 rings (SSSR count). The van der Waals surface area contributed by atoms with E-state index in [0.29, 0.717) is 37.3 Å². The van der Waals surface area contributed by atoms with Crippen LogP contribution in [0.4, 0.5) is 5.69 Å². The minimum absolute atomic E-state index is 0.0934. The Morgan fingerprint density at radius 3 is 2.60 bits per heavy atom. The number of amides is 1. The topological polar surface area (TPSA) is 57.7 Å². The summed E-state index contributed by atoms with van der Waals surface area (Å²) in [6.45, 7) is 5.21. The number of anilines is 1. The van der Waals surface area contributed by atoms with Gasteiger partial charge in [0.2, 0.25) is 10.0 Å². The molecule has 1 aliphatic rings. The largest absolute Gasteiger partial charge is 0.330 e. The lowest BCUT2D eigenvalue weighted by molar-refractivity contribution is 0.0764. The second kappa shape index (κ2) is 7.41. The number of benzene rings is 1. The van der Waals surface area contributed by atoms with Gasteiger partial charge in [0.1, 0.15) is 0 Å². The first-order valence-corrected chi connectivity index (χ1v) is 10.5. The van der Waals surface area contributed by atoms with E-state index in [4.69, 9.17) is 0 Å². The predicted octanol–water partition coefficient (Wildman–Crippen LogP) is 3.12. The molecule has 1 saturated heterocycles. The Hall–Kier alpha value is -2.12. The lowest BCUT2D eigenvalue weighted by Gasteiger charge is -2.21. The molecule has 0 unspecified atom stereocenters. The van der Waals surface area contributed by atoms with Crippen LogP contribution < -0.4 is 4.31 Å². The van der Waals surface area contributed by atoms with E-state index >= 15 is 0 Å². The number of hydrogen-bond donors (Lipinski definition) is 0. The Morgan fingerprint density at radius 2 is 2.04 bits per heavy atom. The molecule has 1 aromatic heterocycles. The van der Waals surface area contributed by atoms with Gasteiger partial charge in [-0.25, -0.2) is 8.42 Å². The monoisotopic (exact) mass is 376 g/mol. The SMILES string of the molecule is C=CCN(Cc1cccs1)C(=O)c1ccc(N2CCCS2(=O)=O)cc1. The average molecular weight is 377 g/mol. The minimum Gasteiger partial charge on any atom is -0.330 e. The third-order valence-electron chi connectivity index (χ3n) is 4.07. The molecule has 0 spiro atoms. The van der Waals surface area contributed by atoms with Crippen molar-refractivity contribution < 1.29 is 13.2 Å². The van der Waals surface area contributed by atoms with Gasteiger partial charge in [-0.3, -0.25) is 9.10 Å². The third kappa shape index (κ3) is 3.93. The average Bonchev–Trinajstić information content (AvgIpc) is 3.23. The number of hydrogen-bond acceptors (Lipinski definition) is 4. The van der Waals surface area contributed by atoms with E-state index in [9.17, 15) is 13.2 Å². The molecule has 0 radical (unpaired) electrons. The van der Waals surface area contributed by atoms with Crippen molar-refractivity contribution in [3.05, 3.63) is 64.9 Å². The van der Waals surface area contributed by atoms with Crippen molar-refractivity contribution in [3.63, 3.8) is 0 Å². The highest BCUT2D eigenvalue weighted by Gasteiger charge is 2.28. The lowest BCUT2D eigenvalue weighted by atomic mass is 10.1. The molecule has 7 heteroatoms. The van der Waals surface area contributed by atoms with Crippen LogP contribution in [-0.4, -0.2) is 38.1 Å². The zero-order chi connectivity index (χ0) is 17.9. The summed E-state index contributed by atoms with van der Waals surface area (Å²) in [7, 11) is -3.21. The molecule has 1 aliphatic heterocycles. The molecular formula is C18H20N2O3S2. The maximum absolute atomic E-state index is 12.8. The van der Waals surface area contributed by atoms with E-state index in [1.54, 1.807) is 46.6 Å². The smallest absolute Gasteiger partial charge is 0.254 e. The molecule has 5 nitrogen and oxygen atoms in total. The Labute approximate surface area is 152 Å². The normalized spacial score (nSPS) is 15.9. The van der Waals surface area contributed by atoms with Crippen LogP contribution in [0.1, 0.15) is 21.7 Å². The molecule has 0 aliphatic carbocycles. The van der Waals surface area contributed by atoms with E-state index < -0.39 is 10.0 Å². The van der Waals surface area contributed by atoms with E-state index in [0.717, 1.165) is 4.88 Å². The van der Waals surface area contributed by atoms with Gasteiger partial charge >= 0.3 is 0 Å². The number of carbonyl (C=O) groups is 1. The molecule has 1 amide bonds. The highest BCUT2D eigenvalue weighted by molar-refractivity contribution is 7.93. The lowest BCUT2D eigenvalue weighted by Crippen LogP contribution is -2.30. The number of nitrogens with zero attached hydrogens (tertiary/aromatic N) is 2. The molecule has 2 aromatic rings. The maximum atomic E-state index is 12.8. The summed E-state index contributed by atoms with van der Waals surface area (Å²) in [6.07, 6.45) is 2.34. The van der Waals surface area contributed by atoms with Crippen LogP contribution >= 0.6 is 11.3 Å². The molecule has 0 atom stereocenters. The first-order chi connectivity index (χ1) is 12.0. The standard InChI is InChI=1S/C18H20N2O3S2/c1-2-10-19(14-17-5-3-12-24-17)18(21)15-6-8-16(9-7-15)20-11-4-13-25(20,22)23/h2-3,5-9,12H,1,4,10-11,13-14H2. The van der Waals surface area contributed by atoms with Crippen molar-refractivity contribution >= 4 is 33.0 Å². The van der Waals surface area contributed by atoms with Crippen molar-refractivity contribution in [1.29, 1.82) is 0 Å². The van der Waals surface area contributed by atoms with Crippen molar-refractivity contribution in [2.75, 3.05) is 23.1 Å². The van der Waals surface area contributed by atoms with Crippen molar-refractivity contribution in [1.82, 2.24) is 4.90 Å². The molecule has 132 valence electrons. The van der Waals surface area contributed by atoms with Crippen LogP contribution in [0.3, 0.4) is 0 Å². The fraction of sp³-hybridized carbons (Fsp3) is 0.278. The summed E-state index contributed by atoms with van der Waals surface area (Å²) >= 11 is 1.61. The minimum atomic E-state index is -3.21. The fourth-order valence-electron chi connectivity index (χ4n) is 2.85. The van der Waals surface area contributed by atoms with Crippen LogP contribution in [0.5, 0.6) is 0 Å². The van der Waals surface area contributed by atoms with Crippen molar-refractivity contribution in [2.24, 2.45) is 0 Å². The quantitative estimate of drug-likeness (QED) is 0.728. The molecule has 2 heterocycles. The van der Waals surface area contributed by atoms with Gasteiger partial charge < -0.3 is 4.90 Å². The molecule has 0 bridgehead atoms. The number of sulfonamides is 1. The first kappa shape index (κ1) is 17.7. The van der Waals surface area contributed by atoms with Gasteiger partial charge in [-0.05, 0) is 42.1 Å². The fourth-order valence-corrected chi connectivity index (χ4v) is 5.13. The second-order valence-corrected chi connectivity index (χ2v) is 8.89. The van der Waals surface area contributed by atoms with Crippen LogP contribution in [0, 0.1) is 0 Å². The molecule has 0 N–H and O–H groups in total. The summed E-state index contributed by atoms with van der Waals surface area (Å²) < 4.78 is 25.4. The van der Waals surface area contributed by atoms with Gasteiger partial charge in [0, 0.05) is 23.5 Å². The van der Waals surface area contributed by atoms with Gasteiger partial charge in [-0.2, -0.15) is 0 Å². The summed E-state index contributed by atoms with van der Waals surface area (Å²) in [5.74, 6) is 0.0888. The van der Waals surface area contributed by atoms with Crippen molar-refractivity contribution in [3.8, 4) is 0 Å². The number of thiophene rings is 1. The third-order valence-corrected chi connectivity index (χ3v) is 6.80. The zero-order valence-corrected chi connectivity index (χ0v) is 15.4. The Balaban J connectivity index is 1.77. The molecule has 0 saturated carbocycles. The summed E-state index contributed by atoms with van der Waals surface area (Å²) in [5, 5.41) is 1.98. The highest BCUT2D eigenvalue weighted by atomic mass is 32.2. The van der Waals surface area contributed by atoms with Crippen molar-refractivity contribution in [2.45, 2.75) is 13.0 Å². The summed E-state index contributed by atoms with van der Waals surface area (Å²) in [6, 6.07) is 10.7. The Bertz CT molecular complexity index is 843. The van der Waals surface area contributed by atoms with Crippen LogP contribution in [0.2, 0.25) is 0 Å². The second-order valence-electron chi connectivity index (χ2n) is 5.84. The van der Waals surface area contributed by atoms with Crippen LogP contribution in [0.25, 0.3) is 0 Å². The van der Waals surface area contributed by atoms with E-state index in [-0.39, 0.29) is 11.7 Å². The zero-order valence-electron chi connectivity index (χ0n) is 13.8. The van der Waals surface area contributed by atoms with Gasteiger partial charge in [-0.1, -0.05) is 12.1 Å². The first-order valence-electron chi connectivity index (χ1n) is 8.04. The molecule has 1 aromatic carbocycles. The maximum Gasteiger partial charge on any atom is 0.254 e. The molecular weight excluding hydrogens is 356 g/mol. The Morgan fingerprint density at radius 1 is 1.28 bits per heavy atom. The van der Waals surface area contributed by atoms with E-state index in [1.165, 1.54) is 4.31 Å². The van der Waals surface area contributed by atoms with Gasteiger partial charge in [0.15, 0.2) is 0 Å². The highest BCUT2D eigenvalue weighted by Crippen LogP contribution is 2.24. The molecule has 25 heavy (non-hydrogen) atoms. The van der Waals surface area contributed by atoms with Crippen LogP contribution in [0.15, 0.2) is 54.4 Å². The Kier molecular flexibility index (Phi) is 5.24. The van der Waals surface area contributed by atoms with E-state index in [1.807, 2.05) is 17.5 Å². The van der Waals surface area contributed by atoms with Gasteiger partial charge in [-0.15, -0.1) is 17.9 Å². The van der Waals surface area contributed by atoms with E-state index in [2.05, 4.69) is 6.58 Å². The number of carbonyl (C=O) groups excluding carboxylic acids is 1.